The number of aliphatic hydroxyl groups is 1. The summed E-state index contributed by atoms with van der Waals surface area (Å²) in [4.78, 5) is 0. The molecule has 0 saturated carbocycles. The van der Waals surface area contributed by atoms with Crippen molar-refractivity contribution in [1.82, 2.24) is 4.31 Å². The molecule has 1 rings (SSSR count). The molecule has 0 spiro atoms. The fraction of sp³-hybridized carbons (Fsp3) is 0.889. The Bertz CT molecular complexity index is 439. The Morgan fingerprint density at radius 2 is 1.91 bits per heavy atom. The highest BCUT2D eigenvalue weighted by Gasteiger charge is 2.29. The van der Waals surface area contributed by atoms with E-state index in [1.165, 1.54) is 12.8 Å². The Balaban J connectivity index is 2.37. The van der Waals surface area contributed by atoms with E-state index < -0.39 is 10.0 Å². The normalized spacial score (nSPS) is 20.9. The topological polar surface area (TPSA) is 57.6 Å². The van der Waals surface area contributed by atoms with Crippen molar-refractivity contribution >= 4 is 10.0 Å². The van der Waals surface area contributed by atoms with Gasteiger partial charge in [0, 0.05) is 19.7 Å². The van der Waals surface area contributed by atoms with E-state index in [9.17, 15) is 13.5 Å². The molecule has 5 heteroatoms. The van der Waals surface area contributed by atoms with Gasteiger partial charge in [-0.05, 0) is 43.4 Å². The van der Waals surface area contributed by atoms with Crippen molar-refractivity contribution in [3.05, 3.63) is 12.2 Å². The van der Waals surface area contributed by atoms with E-state index in [4.69, 9.17) is 0 Å². The van der Waals surface area contributed by atoms with E-state index in [0.717, 1.165) is 19.3 Å². The van der Waals surface area contributed by atoms with Crippen molar-refractivity contribution in [2.24, 2.45) is 17.8 Å². The summed E-state index contributed by atoms with van der Waals surface area (Å²) < 4.78 is 26.6. The van der Waals surface area contributed by atoms with Crippen molar-refractivity contribution in [3.8, 4) is 0 Å². The van der Waals surface area contributed by atoms with Crippen LogP contribution in [0.1, 0.15) is 59.3 Å². The maximum Gasteiger partial charge on any atom is 0.214 e. The maximum atomic E-state index is 12.5. The van der Waals surface area contributed by atoms with Crippen LogP contribution in [0, 0.1) is 17.8 Å². The van der Waals surface area contributed by atoms with Crippen LogP contribution in [0.2, 0.25) is 0 Å². The number of hydrogen-bond acceptors (Lipinski definition) is 3. The van der Waals surface area contributed by atoms with Gasteiger partial charge in [0.05, 0.1) is 5.75 Å². The average Bonchev–Trinajstić information content (AvgIpc) is 2.56. The second kappa shape index (κ2) is 10.5. The molecule has 1 fully saturated rings. The first-order valence-corrected chi connectivity index (χ1v) is 10.8. The quantitative estimate of drug-likeness (QED) is 0.487. The van der Waals surface area contributed by atoms with Gasteiger partial charge in [-0.2, -0.15) is 0 Å². The van der Waals surface area contributed by atoms with Gasteiger partial charge in [-0.1, -0.05) is 45.8 Å². The Labute approximate surface area is 143 Å². The molecule has 2 atom stereocenters. The predicted molar refractivity (Wildman–Crippen MR) is 96.8 cm³/mol. The summed E-state index contributed by atoms with van der Waals surface area (Å²) in [5, 5.41) is 9.22. The predicted octanol–water partition coefficient (Wildman–Crippen LogP) is 3.43. The highest BCUT2D eigenvalue weighted by Crippen LogP contribution is 2.26. The minimum atomic E-state index is -3.13. The Morgan fingerprint density at radius 3 is 2.48 bits per heavy atom. The second-order valence-electron chi connectivity index (χ2n) is 7.05. The lowest BCUT2D eigenvalue weighted by atomic mass is 9.87. The van der Waals surface area contributed by atoms with Crippen LogP contribution in [-0.4, -0.2) is 43.3 Å². The molecule has 1 N–H and O–H groups in total. The summed E-state index contributed by atoms with van der Waals surface area (Å²) in [5.74, 6) is 1.28. The Kier molecular flexibility index (Phi) is 9.40. The molecule has 0 bridgehead atoms. The fourth-order valence-electron chi connectivity index (χ4n) is 3.08. The number of piperidine rings is 1. The lowest BCUT2D eigenvalue weighted by Gasteiger charge is -2.33. The van der Waals surface area contributed by atoms with Crippen molar-refractivity contribution in [1.29, 1.82) is 0 Å². The molecular formula is C18H35NO3S. The molecular weight excluding hydrogens is 310 g/mol. The molecule has 0 aromatic carbocycles. The van der Waals surface area contributed by atoms with Crippen LogP contribution in [0.25, 0.3) is 0 Å². The highest BCUT2D eigenvalue weighted by atomic mass is 32.2. The van der Waals surface area contributed by atoms with Gasteiger partial charge in [-0.25, -0.2) is 12.7 Å². The van der Waals surface area contributed by atoms with E-state index >= 15 is 0 Å². The Morgan fingerprint density at radius 1 is 1.26 bits per heavy atom. The number of nitrogens with zero attached hydrogens (tertiary/aromatic N) is 1. The molecule has 0 aliphatic carbocycles. The average molecular weight is 346 g/mol. The summed E-state index contributed by atoms with van der Waals surface area (Å²) in [5.41, 5.74) is 0. The van der Waals surface area contributed by atoms with Crippen molar-refractivity contribution in [2.45, 2.75) is 59.3 Å². The van der Waals surface area contributed by atoms with Crippen LogP contribution >= 0.6 is 0 Å². The van der Waals surface area contributed by atoms with Crippen molar-refractivity contribution in [3.63, 3.8) is 0 Å². The van der Waals surface area contributed by atoms with Gasteiger partial charge >= 0.3 is 0 Å². The minimum Gasteiger partial charge on any atom is -0.396 e. The van der Waals surface area contributed by atoms with Gasteiger partial charge in [-0.15, -0.1) is 0 Å². The zero-order valence-corrected chi connectivity index (χ0v) is 15.9. The first kappa shape index (κ1) is 20.7. The van der Waals surface area contributed by atoms with E-state index in [-0.39, 0.29) is 18.3 Å². The lowest BCUT2D eigenvalue weighted by molar-refractivity contribution is 0.146. The monoisotopic (exact) mass is 345 g/mol. The number of rotatable bonds is 10. The fourth-order valence-corrected chi connectivity index (χ4v) is 4.78. The summed E-state index contributed by atoms with van der Waals surface area (Å²) in [6.45, 7) is 7.72. The molecule has 1 aliphatic rings. The molecule has 0 radical (unpaired) electrons. The number of hydrogen-bond donors (Lipinski definition) is 1. The van der Waals surface area contributed by atoms with Gasteiger partial charge in [0.1, 0.15) is 0 Å². The van der Waals surface area contributed by atoms with Crippen LogP contribution in [0.3, 0.4) is 0 Å². The largest absolute Gasteiger partial charge is 0.396 e. The summed E-state index contributed by atoms with van der Waals surface area (Å²) in [6.07, 6.45) is 10.2. The first-order valence-electron chi connectivity index (χ1n) is 9.16. The van der Waals surface area contributed by atoms with Gasteiger partial charge in [0.15, 0.2) is 0 Å². The molecule has 0 amide bonds. The molecule has 1 heterocycles. The van der Waals surface area contributed by atoms with Gasteiger partial charge in [-0.3, -0.25) is 0 Å². The molecule has 0 aromatic heterocycles. The molecule has 1 aliphatic heterocycles. The van der Waals surface area contributed by atoms with Crippen LogP contribution < -0.4 is 0 Å². The first-order chi connectivity index (χ1) is 10.9. The molecule has 1 saturated heterocycles. The standard InChI is InChI=1S/C18H35NO3S/c1-4-5-6-7-8-16(2)11-14-23(21,22)19-12-9-18(10-13-19)17(3)15-20/h7-8,16-18,20H,4-6,9-15H2,1-3H3. The lowest BCUT2D eigenvalue weighted by Crippen LogP contribution is -2.41. The zero-order chi connectivity index (χ0) is 17.3. The number of unbranched alkanes of at least 4 members (excludes halogenated alkanes) is 2. The number of allylic oxidation sites excluding steroid dienone is 2. The van der Waals surface area contributed by atoms with Gasteiger partial charge in [0.25, 0.3) is 0 Å². The van der Waals surface area contributed by atoms with Crippen molar-refractivity contribution in [2.75, 3.05) is 25.4 Å². The number of sulfonamides is 1. The summed E-state index contributed by atoms with van der Waals surface area (Å²) in [6, 6.07) is 0. The van der Waals surface area contributed by atoms with Gasteiger partial charge in [0.2, 0.25) is 10.0 Å². The maximum absolute atomic E-state index is 12.5. The SMILES string of the molecule is CCCCC=CC(C)CCS(=O)(=O)N1CCC(C(C)CO)CC1. The summed E-state index contributed by atoms with van der Waals surface area (Å²) >= 11 is 0. The molecule has 23 heavy (non-hydrogen) atoms. The molecule has 136 valence electrons. The zero-order valence-electron chi connectivity index (χ0n) is 15.1. The molecule has 0 aromatic rings. The van der Waals surface area contributed by atoms with E-state index in [0.29, 0.717) is 31.3 Å². The van der Waals surface area contributed by atoms with Crippen LogP contribution in [-0.2, 0) is 10.0 Å². The van der Waals surface area contributed by atoms with E-state index in [1.807, 2.05) is 6.92 Å². The van der Waals surface area contributed by atoms with Crippen molar-refractivity contribution < 1.29 is 13.5 Å². The summed E-state index contributed by atoms with van der Waals surface area (Å²) in [7, 11) is -3.13. The third kappa shape index (κ3) is 7.36. The highest BCUT2D eigenvalue weighted by molar-refractivity contribution is 7.89. The van der Waals surface area contributed by atoms with Crippen LogP contribution in [0.4, 0.5) is 0 Å². The Hall–Kier alpha value is -0.390. The molecule has 2 unspecified atom stereocenters. The van der Waals surface area contributed by atoms with E-state index in [2.05, 4.69) is 26.0 Å². The molecule has 4 nitrogen and oxygen atoms in total. The third-order valence-corrected chi connectivity index (χ3v) is 6.91. The van der Waals surface area contributed by atoms with Crippen LogP contribution in [0.5, 0.6) is 0 Å². The van der Waals surface area contributed by atoms with Crippen LogP contribution in [0.15, 0.2) is 12.2 Å². The van der Waals surface area contributed by atoms with E-state index in [1.54, 1.807) is 4.31 Å². The second-order valence-corrected chi connectivity index (χ2v) is 9.14. The number of aliphatic hydroxyl groups excluding tert-OH is 1. The third-order valence-electron chi connectivity index (χ3n) is 5.00. The smallest absolute Gasteiger partial charge is 0.214 e. The minimum absolute atomic E-state index is 0.194. The van der Waals surface area contributed by atoms with Gasteiger partial charge < -0.3 is 5.11 Å².